The number of carbonyl (C=O) groups excluding carboxylic acids is 1. The molecule has 2 rings (SSSR count). The third-order valence-corrected chi connectivity index (χ3v) is 3.27. The van der Waals surface area contributed by atoms with E-state index in [2.05, 4.69) is 0 Å². The van der Waals surface area contributed by atoms with Crippen molar-refractivity contribution < 1.29 is 9.53 Å². The number of methoxy groups -OCH3 is 1. The van der Waals surface area contributed by atoms with Gasteiger partial charge >= 0.3 is 0 Å². The van der Waals surface area contributed by atoms with Crippen LogP contribution < -0.4 is 4.74 Å². The van der Waals surface area contributed by atoms with Crippen LogP contribution in [0.2, 0.25) is 5.02 Å². The van der Waals surface area contributed by atoms with Crippen LogP contribution in [0.4, 0.5) is 0 Å². The second-order valence-electron chi connectivity index (χ2n) is 4.35. The average Bonchev–Trinajstić information content (AvgIpc) is 2.45. The van der Waals surface area contributed by atoms with Crippen molar-refractivity contribution in [3.8, 4) is 5.75 Å². The number of hydrogen-bond donors (Lipinski definition) is 0. The lowest BCUT2D eigenvalue weighted by atomic mass is 9.93. The molecule has 0 spiro atoms. The Labute approximate surface area is 118 Å². The molecule has 0 heterocycles. The molecule has 0 fully saturated rings. The van der Waals surface area contributed by atoms with Crippen molar-refractivity contribution >= 4 is 17.9 Å². The molecule has 1 unspecified atom stereocenters. The van der Waals surface area contributed by atoms with Crippen LogP contribution in [0.5, 0.6) is 5.75 Å². The number of hydrogen-bond acceptors (Lipinski definition) is 2. The molecule has 3 heteroatoms. The van der Waals surface area contributed by atoms with Crippen LogP contribution >= 0.6 is 11.6 Å². The van der Waals surface area contributed by atoms with Crippen molar-refractivity contribution in [2.24, 2.45) is 0 Å². The van der Waals surface area contributed by atoms with Crippen LogP contribution in [0.1, 0.15) is 17.0 Å². The Morgan fingerprint density at radius 1 is 1.21 bits per heavy atom. The number of aldehydes is 1. The molecular formula is C16H15ClO2. The lowest BCUT2D eigenvalue weighted by molar-refractivity contribution is -0.109. The van der Waals surface area contributed by atoms with Gasteiger partial charge in [-0.3, -0.25) is 0 Å². The standard InChI is InChI=1S/C16H15ClO2/c1-19-16-7-2-4-12(9-16)8-14(11-18)13-5-3-6-15(17)10-13/h2-7,9-11,14H,8H2,1H3. The summed E-state index contributed by atoms with van der Waals surface area (Å²) < 4.78 is 5.19. The van der Waals surface area contributed by atoms with Crippen molar-refractivity contribution in [1.82, 2.24) is 0 Å². The highest BCUT2D eigenvalue weighted by Crippen LogP contribution is 2.23. The first kappa shape index (κ1) is 13.6. The van der Waals surface area contributed by atoms with Gasteiger partial charge < -0.3 is 9.53 Å². The largest absolute Gasteiger partial charge is 0.497 e. The number of carbonyl (C=O) groups is 1. The van der Waals surface area contributed by atoms with Crippen molar-refractivity contribution in [3.05, 3.63) is 64.7 Å². The molecule has 98 valence electrons. The predicted molar refractivity (Wildman–Crippen MR) is 77.0 cm³/mol. The molecule has 0 aliphatic heterocycles. The maximum absolute atomic E-state index is 11.3. The summed E-state index contributed by atoms with van der Waals surface area (Å²) in [6, 6.07) is 15.2. The summed E-state index contributed by atoms with van der Waals surface area (Å²) in [4.78, 5) is 11.3. The second-order valence-corrected chi connectivity index (χ2v) is 4.79. The number of rotatable bonds is 5. The van der Waals surface area contributed by atoms with Gasteiger partial charge in [0.15, 0.2) is 0 Å². The smallest absolute Gasteiger partial charge is 0.127 e. The third kappa shape index (κ3) is 3.58. The van der Waals surface area contributed by atoms with Gasteiger partial charge in [-0.2, -0.15) is 0 Å². The van der Waals surface area contributed by atoms with Gasteiger partial charge in [0.1, 0.15) is 12.0 Å². The molecule has 2 nitrogen and oxygen atoms in total. The normalized spacial score (nSPS) is 11.9. The molecule has 0 amide bonds. The van der Waals surface area contributed by atoms with E-state index in [-0.39, 0.29) is 5.92 Å². The minimum atomic E-state index is -0.189. The van der Waals surface area contributed by atoms with E-state index in [1.165, 1.54) is 0 Å². The molecule has 19 heavy (non-hydrogen) atoms. The molecule has 1 atom stereocenters. The van der Waals surface area contributed by atoms with Gasteiger partial charge in [0.25, 0.3) is 0 Å². The molecule has 2 aromatic rings. The van der Waals surface area contributed by atoms with Crippen LogP contribution in [0.3, 0.4) is 0 Å². The van der Waals surface area contributed by atoms with Gasteiger partial charge in [-0.15, -0.1) is 0 Å². The maximum Gasteiger partial charge on any atom is 0.127 e. The monoisotopic (exact) mass is 274 g/mol. The Hall–Kier alpha value is -1.80. The Morgan fingerprint density at radius 3 is 2.68 bits per heavy atom. The Kier molecular flexibility index (Phi) is 4.58. The summed E-state index contributed by atoms with van der Waals surface area (Å²) in [7, 11) is 1.63. The fourth-order valence-electron chi connectivity index (χ4n) is 2.04. The molecule has 0 bridgehead atoms. The molecule has 0 saturated carbocycles. The maximum atomic E-state index is 11.3. The number of benzene rings is 2. The third-order valence-electron chi connectivity index (χ3n) is 3.03. The molecule has 2 aromatic carbocycles. The van der Waals surface area contributed by atoms with E-state index >= 15 is 0 Å². The van der Waals surface area contributed by atoms with Gasteiger partial charge in [-0.05, 0) is 41.8 Å². The lowest BCUT2D eigenvalue weighted by Crippen LogP contribution is -2.04. The van der Waals surface area contributed by atoms with Crippen LogP contribution in [0, 0.1) is 0 Å². The van der Waals surface area contributed by atoms with Gasteiger partial charge in [-0.1, -0.05) is 35.9 Å². The highest BCUT2D eigenvalue weighted by molar-refractivity contribution is 6.30. The molecular weight excluding hydrogens is 260 g/mol. The SMILES string of the molecule is COc1cccc(CC(C=O)c2cccc(Cl)c2)c1. The van der Waals surface area contributed by atoms with E-state index in [1.807, 2.05) is 42.5 Å². The molecule has 0 N–H and O–H groups in total. The molecule has 0 aliphatic carbocycles. The fraction of sp³-hybridized carbons (Fsp3) is 0.188. The van der Waals surface area contributed by atoms with Crippen LogP contribution in [0.25, 0.3) is 0 Å². The van der Waals surface area contributed by atoms with E-state index in [9.17, 15) is 4.79 Å². The first-order chi connectivity index (χ1) is 9.22. The van der Waals surface area contributed by atoms with E-state index < -0.39 is 0 Å². The molecule has 0 aromatic heterocycles. The second kappa shape index (κ2) is 6.39. The highest BCUT2D eigenvalue weighted by Gasteiger charge is 2.12. The Balaban J connectivity index is 2.21. The predicted octanol–water partition coefficient (Wildman–Crippen LogP) is 3.87. The van der Waals surface area contributed by atoms with E-state index in [1.54, 1.807) is 13.2 Å². The van der Waals surface area contributed by atoms with Crippen molar-refractivity contribution in [2.75, 3.05) is 7.11 Å². The van der Waals surface area contributed by atoms with Gasteiger partial charge in [0.2, 0.25) is 0 Å². The summed E-state index contributed by atoms with van der Waals surface area (Å²) in [5.74, 6) is 0.610. The molecule has 0 radical (unpaired) electrons. The average molecular weight is 275 g/mol. The first-order valence-electron chi connectivity index (χ1n) is 6.06. The van der Waals surface area contributed by atoms with Crippen LogP contribution in [-0.4, -0.2) is 13.4 Å². The molecule has 0 aliphatic rings. The van der Waals surface area contributed by atoms with Gasteiger partial charge in [0, 0.05) is 10.9 Å². The zero-order valence-electron chi connectivity index (χ0n) is 10.7. The Bertz CT molecular complexity index is 566. The van der Waals surface area contributed by atoms with Gasteiger partial charge in [-0.25, -0.2) is 0 Å². The van der Waals surface area contributed by atoms with Crippen molar-refractivity contribution in [2.45, 2.75) is 12.3 Å². The van der Waals surface area contributed by atoms with E-state index in [0.29, 0.717) is 11.4 Å². The van der Waals surface area contributed by atoms with Gasteiger partial charge in [0.05, 0.1) is 7.11 Å². The Morgan fingerprint density at radius 2 is 2.00 bits per heavy atom. The summed E-state index contributed by atoms with van der Waals surface area (Å²) in [6.45, 7) is 0. The zero-order chi connectivity index (χ0) is 13.7. The number of ether oxygens (including phenoxy) is 1. The summed E-state index contributed by atoms with van der Waals surface area (Å²) in [5, 5.41) is 0.648. The summed E-state index contributed by atoms with van der Waals surface area (Å²) in [6.07, 6.45) is 1.60. The minimum Gasteiger partial charge on any atom is -0.497 e. The quantitative estimate of drug-likeness (QED) is 0.774. The first-order valence-corrected chi connectivity index (χ1v) is 6.44. The number of halogens is 1. The fourth-order valence-corrected chi connectivity index (χ4v) is 2.23. The highest BCUT2D eigenvalue weighted by atomic mass is 35.5. The van der Waals surface area contributed by atoms with Crippen molar-refractivity contribution in [1.29, 1.82) is 0 Å². The minimum absolute atomic E-state index is 0.189. The zero-order valence-corrected chi connectivity index (χ0v) is 11.4. The molecule has 0 saturated heterocycles. The lowest BCUT2D eigenvalue weighted by Gasteiger charge is -2.12. The van der Waals surface area contributed by atoms with Crippen LogP contribution in [-0.2, 0) is 11.2 Å². The summed E-state index contributed by atoms with van der Waals surface area (Å²) in [5.41, 5.74) is 2.00. The van der Waals surface area contributed by atoms with Crippen molar-refractivity contribution in [3.63, 3.8) is 0 Å². The topological polar surface area (TPSA) is 26.3 Å². The van der Waals surface area contributed by atoms with Crippen LogP contribution in [0.15, 0.2) is 48.5 Å². The van der Waals surface area contributed by atoms with E-state index in [4.69, 9.17) is 16.3 Å². The van der Waals surface area contributed by atoms with E-state index in [0.717, 1.165) is 23.2 Å². The summed E-state index contributed by atoms with van der Waals surface area (Å²) >= 11 is 5.96.